The smallest absolute Gasteiger partial charge is 0.142 e. The Morgan fingerprint density at radius 3 is 2.40 bits per heavy atom. The summed E-state index contributed by atoms with van der Waals surface area (Å²) in [5.41, 5.74) is 7.25. The molecular weight excluding hydrogens is 680 g/mol. The maximum Gasteiger partial charge on any atom is 0.142 e. The Bertz CT molecular complexity index is 1840. The van der Waals surface area contributed by atoms with Crippen LogP contribution in [0.15, 0.2) is 67.0 Å². The van der Waals surface area contributed by atoms with Crippen molar-refractivity contribution in [2.24, 2.45) is 0 Å². The highest BCUT2D eigenvalue weighted by molar-refractivity contribution is 6.32. The van der Waals surface area contributed by atoms with Crippen LogP contribution < -0.4 is 14.2 Å². The lowest BCUT2D eigenvalue weighted by molar-refractivity contribution is 0.0672. The van der Waals surface area contributed by atoms with Gasteiger partial charge >= 0.3 is 0 Å². The van der Waals surface area contributed by atoms with Crippen molar-refractivity contribution in [1.82, 2.24) is 14.8 Å². The summed E-state index contributed by atoms with van der Waals surface area (Å²) >= 11 is 6.85. The summed E-state index contributed by atoms with van der Waals surface area (Å²) in [7, 11) is 1.83. The first-order valence-electron chi connectivity index (χ1n) is 17.7. The third kappa shape index (κ3) is 9.61. The molecule has 0 amide bonds. The molecule has 1 fully saturated rings. The van der Waals surface area contributed by atoms with Gasteiger partial charge < -0.3 is 34.4 Å². The van der Waals surface area contributed by atoms with E-state index in [0.29, 0.717) is 28.7 Å². The van der Waals surface area contributed by atoms with Gasteiger partial charge in [-0.3, -0.25) is 9.88 Å². The summed E-state index contributed by atoms with van der Waals surface area (Å²) in [6, 6.07) is 19.0. The highest BCUT2D eigenvalue weighted by atomic mass is 35.5. The Morgan fingerprint density at radius 1 is 0.962 bits per heavy atom. The van der Waals surface area contributed by atoms with E-state index in [-0.39, 0.29) is 38.6 Å². The largest absolute Gasteiger partial charge is 0.493 e. The second-order valence-corrected chi connectivity index (χ2v) is 13.8. The van der Waals surface area contributed by atoms with Crippen LogP contribution in [0.4, 0.5) is 0 Å². The number of ether oxygens (including phenoxy) is 3. The van der Waals surface area contributed by atoms with Crippen molar-refractivity contribution in [3.8, 4) is 34.4 Å². The van der Waals surface area contributed by atoms with E-state index in [1.165, 1.54) is 6.20 Å². The van der Waals surface area contributed by atoms with Gasteiger partial charge in [-0.05, 0) is 86.7 Å². The van der Waals surface area contributed by atoms with Crippen LogP contribution >= 0.6 is 11.6 Å². The van der Waals surface area contributed by atoms with Gasteiger partial charge in [0.1, 0.15) is 36.5 Å². The molecule has 3 aromatic carbocycles. The SMILES string of the molecule is Cc1c(COc2cc(OCc3cncc(C#N)c3)c(C(C)N(C)C(CO)CO)cc2Cl)cccc1-c1cccc(OCCCN2CCC(O)C2)c1C. The maximum absolute atomic E-state index is 9.84. The number of likely N-dealkylation sites (N-methyl/N-ethyl adjacent to an activating group) is 1. The van der Waals surface area contributed by atoms with Crippen LogP contribution in [0.2, 0.25) is 5.02 Å². The van der Waals surface area contributed by atoms with Crippen molar-refractivity contribution < 1.29 is 29.5 Å². The van der Waals surface area contributed by atoms with Crippen molar-refractivity contribution in [3.05, 3.63) is 105 Å². The van der Waals surface area contributed by atoms with Crippen LogP contribution in [-0.4, -0.2) is 88.8 Å². The fourth-order valence-electron chi connectivity index (χ4n) is 6.59. The molecule has 3 N–H and O–H groups in total. The second-order valence-electron chi connectivity index (χ2n) is 13.4. The fraction of sp³-hybridized carbons (Fsp3) is 0.415. The molecule has 0 spiro atoms. The van der Waals surface area contributed by atoms with Gasteiger partial charge in [0.15, 0.2) is 0 Å². The summed E-state index contributed by atoms with van der Waals surface area (Å²) in [4.78, 5) is 8.30. The predicted molar refractivity (Wildman–Crippen MR) is 202 cm³/mol. The highest BCUT2D eigenvalue weighted by Gasteiger charge is 2.25. The molecule has 0 bridgehead atoms. The topological polar surface area (TPSA) is 132 Å². The van der Waals surface area contributed by atoms with Crippen LogP contribution in [0.1, 0.15) is 59.2 Å². The van der Waals surface area contributed by atoms with E-state index in [4.69, 9.17) is 25.8 Å². The van der Waals surface area contributed by atoms with Gasteiger partial charge in [-0.25, -0.2) is 0 Å². The van der Waals surface area contributed by atoms with Crippen molar-refractivity contribution in [1.29, 1.82) is 5.26 Å². The third-order valence-corrected chi connectivity index (χ3v) is 10.3. The Morgan fingerprint density at radius 2 is 1.69 bits per heavy atom. The van der Waals surface area contributed by atoms with Gasteiger partial charge in [-0.1, -0.05) is 41.9 Å². The van der Waals surface area contributed by atoms with E-state index in [2.05, 4.69) is 41.9 Å². The molecule has 10 nitrogen and oxygen atoms in total. The number of rotatable bonds is 17. The van der Waals surface area contributed by atoms with Gasteiger partial charge in [-0.2, -0.15) is 5.26 Å². The van der Waals surface area contributed by atoms with E-state index >= 15 is 0 Å². The quantitative estimate of drug-likeness (QED) is 0.108. The van der Waals surface area contributed by atoms with Gasteiger partial charge in [0.2, 0.25) is 0 Å². The van der Waals surface area contributed by atoms with E-state index in [1.807, 2.05) is 43.1 Å². The van der Waals surface area contributed by atoms with Gasteiger partial charge in [0.05, 0.1) is 42.6 Å². The van der Waals surface area contributed by atoms with E-state index in [0.717, 1.165) is 77.2 Å². The maximum atomic E-state index is 9.84. The van der Waals surface area contributed by atoms with Gasteiger partial charge in [0.25, 0.3) is 0 Å². The monoisotopic (exact) mass is 728 g/mol. The minimum absolute atomic E-state index is 0.155. The molecule has 1 aliphatic rings. The third-order valence-electron chi connectivity index (χ3n) is 9.97. The van der Waals surface area contributed by atoms with Crippen molar-refractivity contribution in [3.63, 3.8) is 0 Å². The number of aromatic nitrogens is 1. The number of likely N-dealkylation sites (tertiary alicyclic amines) is 1. The number of nitrogens with zero attached hydrogens (tertiary/aromatic N) is 4. The number of halogens is 1. The minimum Gasteiger partial charge on any atom is -0.493 e. The molecule has 1 aliphatic heterocycles. The molecule has 0 aliphatic carbocycles. The molecule has 276 valence electrons. The molecule has 11 heteroatoms. The lowest BCUT2D eigenvalue weighted by Gasteiger charge is -2.32. The van der Waals surface area contributed by atoms with Crippen molar-refractivity contribution >= 4 is 11.6 Å². The lowest BCUT2D eigenvalue weighted by atomic mass is 9.93. The summed E-state index contributed by atoms with van der Waals surface area (Å²) < 4.78 is 18.9. The fourth-order valence-corrected chi connectivity index (χ4v) is 6.81. The van der Waals surface area contributed by atoms with Crippen LogP contribution in [0, 0.1) is 25.2 Å². The standard InChI is InChI=1S/C41H49ClN4O6/c1-27-32(8-5-9-35(27)36-10-6-11-39(28(36)2)50-15-7-13-46-14-12-34(49)22-46)26-52-41-18-40(51-25-31-16-30(19-43)20-44-21-31)37(17-38(41)42)29(3)45(4)33(23-47)24-48/h5-6,8-11,16-18,20-21,29,33-34,47-49H,7,12-15,22-26H2,1-4H3. The Kier molecular flexibility index (Phi) is 13.9. The molecule has 0 saturated carbocycles. The zero-order valence-corrected chi connectivity index (χ0v) is 31.1. The molecule has 1 saturated heterocycles. The lowest BCUT2D eigenvalue weighted by Crippen LogP contribution is -2.39. The molecule has 2 atom stereocenters. The molecule has 52 heavy (non-hydrogen) atoms. The average Bonchev–Trinajstić information content (AvgIpc) is 3.58. The average molecular weight is 729 g/mol. The predicted octanol–water partition coefficient (Wildman–Crippen LogP) is 6.23. The first-order chi connectivity index (χ1) is 25.1. The van der Waals surface area contributed by atoms with E-state index in [1.54, 1.807) is 24.4 Å². The number of aliphatic hydroxyl groups excluding tert-OH is 3. The number of aliphatic hydroxyl groups is 3. The molecular formula is C41H49ClN4O6. The van der Waals surface area contributed by atoms with E-state index in [9.17, 15) is 20.6 Å². The number of hydrogen-bond acceptors (Lipinski definition) is 10. The second kappa shape index (κ2) is 18.5. The summed E-state index contributed by atoms with van der Waals surface area (Å²) in [6.45, 7) is 9.31. The highest BCUT2D eigenvalue weighted by Crippen LogP contribution is 2.39. The van der Waals surface area contributed by atoms with Crippen molar-refractivity contribution in [2.75, 3.05) is 46.5 Å². The molecule has 4 aromatic rings. The normalized spacial score (nSPS) is 15.2. The first kappa shape index (κ1) is 39.0. The molecule has 5 rings (SSSR count). The van der Waals surface area contributed by atoms with Crippen LogP contribution in [0.5, 0.6) is 17.2 Å². The number of pyridine rings is 1. The molecule has 1 aromatic heterocycles. The van der Waals surface area contributed by atoms with Crippen LogP contribution in [-0.2, 0) is 13.2 Å². The Hall–Kier alpha value is -4.21. The first-order valence-corrected chi connectivity index (χ1v) is 18.1. The number of hydrogen-bond donors (Lipinski definition) is 3. The zero-order valence-electron chi connectivity index (χ0n) is 30.4. The van der Waals surface area contributed by atoms with Crippen LogP contribution in [0.3, 0.4) is 0 Å². The van der Waals surface area contributed by atoms with Gasteiger partial charge in [-0.15, -0.1) is 0 Å². The van der Waals surface area contributed by atoms with Gasteiger partial charge in [0, 0.05) is 55.3 Å². The molecule has 2 unspecified atom stereocenters. The van der Waals surface area contributed by atoms with Crippen molar-refractivity contribution in [2.45, 2.75) is 65.0 Å². The summed E-state index contributed by atoms with van der Waals surface area (Å²) in [5.74, 6) is 1.82. The summed E-state index contributed by atoms with van der Waals surface area (Å²) in [6.07, 6.45) is 4.67. The number of nitriles is 1. The zero-order chi connectivity index (χ0) is 37.2. The van der Waals surface area contributed by atoms with Crippen LogP contribution in [0.25, 0.3) is 11.1 Å². The summed E-state index contributed by atoms with van der Waals surface area (Å²) in [5, 5.41) is 39.2. The number of benzene rings is 3. The Labute approximate surface area is 311 Å². The van der Waals surface area contributed by atoms with E-state index < -0.39 is 6.04 Å². The molecule has 0 radical (unpaired) electrons. The minimum atomic E-state index is -0.476. The molecule has 2 heterocycles. The number of β-amino-alcohol motifs (C(OH)–C–C–N with tert-alkyl or cyclic N) is 1. The Balaban J connectivity index is 1.34.